The first-order valence-corrected chi connectivity index (χ1v) is 6.89. The zero-order chi connectivity index (χ0) is 13.1. The molecule has 7 heteroatoms. The first-order chi connectivity index (χ1) is 8.58. The largest absolute Gasteiger partial charge is 0.306 e. The van der Waals surface area contributed by atoms with Gasteiger partial charge >= 0.3 is 0 Å². The number of nitrogens with zero attached hydrogens (tertiary/aromatic N) is 3. The van der Waals surface area contributed by atoms with Gasteiger partial charge in [-0.2, -0.15) is 0 Å². The molecule has 1 N–H and O–H groups in total. The number of amides is 1. The Bertz CT molecular complexity index is 552. The molecule has 94 valence electrons. The molecule has 2 rings (SSSR count). The van der Waals surface area contributed by atoms with Crippen molar-refractivity contribution < 1.29 is 4.79 Å². The highest BCUT2D eigenvalue weighted by Crippen LogP contribution is 2.21. The van der Waals surface area contributed by atoms with Crippen LogP contribution in [0.4, 0.5) is 5.82 Å². The van der Waals surface area contributed by atoms with Crippen LogP contribution in [0.2, 0.25) is 0 Å². The Morgan fingerprint density at radius 3 is 2.83 bits per heavy atom. The van der Waals surface area contributed by atoms with Crippen LogP contribution in [-0.2, 0) is 0 Å². The Morgan fingerprint density at radius 1 is 1.44 bits per heavy atom. The number of halogens is 1. The predicted molar refractivity (Wildman–Crippen MR) is 73.9 cm³/mol. The highest BCUT2D eigenvalue weighted by Gasteiger charge is 2.18. The van der Waals surface area contributed by atoms with Crippen molar-refractivity contribution in [3.05, 3.63) is 33.4 Å². The average molecular weight is 327 g/mol. The van der Waals surface area contributed by atoms with Crippen LogP contribution in [0.15, 0.2) is 22.8 Å². The topological polar surface area (TPSA) is 67.8 Å². The van der Waals surface area contributed by atoms with E-state index in [1.165, 1.54) is 0 Å². The monoisotopic (exact) mass is 326 g/mol. The molecule has 0 aliphatic rings. The lowest BCUT2D eigenvalue weighted by atomic mass is 10.1. The molecule has 0 aromatic carbocycles. The molecule has 0 aliphatic carbocycles. The van der Waals surface area contributed by atoms with Crippen molar-refractivity contribution in [3.63, 3.8) is 0 Å². The van der Waals surface area contributed by atoms with Crippen molar-refractivity contribution in [2.24, 2.45) is 0 Å². The van der Waals surface area contributed by atoms with Crippen molar-refractivity contribution in [2.75, 3.05) is 5.32 Å². The minimum atomic E-state index is -0.219. The van der Waals surface area contributed by atoms with Crippen LogP contribution in [0, 0.1) is 0 Å². The molecule has 0 radical (unpaired) electrons. The van der Waals surface area contributed by atoms with Gasteiger partial charge in [-0.15, -0.1) is 5.10 Å². The zero-order valence-electron chi connectivity index (χ0n) is 9.85. The van der Waals surface area contributed by atoms with E-state index in [9.17, 15) is 4.79 Å². The Hall–Kier alpha value is -1.34. The number of carbonyl (C=O) groups is 1. The average Bonchev–Trinajstić information content (AvgIpc) is 2.81. The quantitative estimate of drug-likeness (QED) is 0.941. The van der Waals surface area contributed by atoms with Crippen molar-refractivity contribution >= 4 is 39.2 Å². The lowest BCUT2D eigenvalue weighted by molar-refractivity contribution is 0.102. The SMILES string of the molecule is CC(C)c1nnsc1C(=O)Nc1ccc(Br)cn1. The van der Waals surface area contributed by atoms with Crippen LogP contribution >= 0.6 is 27.5 Å². The Balaban J connectivity index is 2.17. The van der Waals surface area contributed by atoms with Gasteiger partial charge in [0.2, 0.25) is 0 Å². The Kier molecular flexibility index (Phi) is 4.03. The third kappa shape index (κ3) is 2.91. The number of hydrogen-bond acceptors (Lipinski definition) is 5. The summed E-state index contributed by atoms with van der Waals surface area (Å²) in [6.45, 7) is 3.96. The molecule has 2 heterocycles. The molecule has 0 unspecified atom stereocenters. The van der Waals surface area contributed by atoms with E-state index >= 15 is 0 Å². The lowest BCUT2D eigenvalue weighted by Crippen LogP contribution is -2.13. The van der Waals surface area contributed by atoms with Gasteiger partial charge in [-0.25, -0.2) is 4.98 Å². The molecular weight excluding hydrogens is 316 g/mol. The second-order valence-electron chi connectivity index (χ2n) is 3.96. The second-order valence-corrected chi connectivity index (χ2v) is 5.63. The van der Waals surface area contributed by atoms with E-state index in [4.69, 9.17) is 0 Å². The molecule has 0 saturated heterocycles. The van der Waals surface area contributed by atoms with Gasteiger partial charge in [0, 0.05) is 10.7 Å². The van der Waals surface area contributed by atoms with Gasteiger partial charge < -0.3 is 5.32 Å². The van der Waals surface area contributed by atoms with Gasteiger partial charge in [0.25, 0.3) is 5.91 Å². The van der Waals surface area contributed by atoms with Crippen molar-refractivity contribution in [1.29, 1.82) is 0 Å². The summed E-state index contributed by atoms with van der Waals surface area (Å²) in [5.74, 6) is 0.456. The molecule has 0 spiro atoms. The molecule has 2 aromatic rings. The van der Waals surface area contributed by atoms with Gasteiger partial charge in [-0.05, 0) is 45.5 Å². The number of pyridine rings is 1. The van der Waals surface area contributed by atoms with Crippen molar-refractivity contribution in [2.45, 2.75) is 19.8 Å². The minimum Gasteiger partial charge on any atom is -0.306 e. The Morgan fingerprint density at radius 2 is 2.22 bits per heavy atom. The molecule has 5 nitrogen and oxygen atoms in total. The number of hydrogen-bond donors (Lipinski definition) is 1. The van der Waals surface area contributed by atoms with Crippen molar-refractivity contribution in [3.8, 4) is 0 Å². The van der Waals surface area contributed by atoms with E-state index in [0.717, 1.165) is 21.7 Å². The summed E-state index contributed by atoms with van der Waals surface area (Å²) < 4.78 is 4.69. The smallest absolute Gasteiger partial charge is 0.270 e. The fraction of sp³-hybridized carbons (Fsp3) is 0.273. The maximum atomic E-state index is 12.1. The number of rotatable bonds is 3. The fourth-order valence-electron chi connectivity index (χ4n) is 1.36. The second kappa shape index (κ2) is 5.53. The van der Waals surface area contributed by atoms with E-state index in [1.807, 2.05) is 19.9 Å². The van der Waals surface area contributed by atoms with Crippen molar-refractivity contribution in [1.82, 2.24) is 14.6 Å². The normalized spacial score (nSPS) is 10.7. The maximum Gasteiger partial charge on any atom is 0.270 e. The molecular formula is C11H11BrN4OS. The maximum absolute atomic E-state index is 12.1. The molecule has 2 aromatic heterocycles. The highest BCUT2D eigenvalue weighted by atomic mass is 79.9. The molecule has 0 bridgehead atoms. The van der Waals surface area contributed by atoms with Gasteiger partial charge in [0.05, 0.1) is 5.69 Å². The molecule has 1 amide bonds. The van der Waals surface area contributed by atoms with Crippen LogP contribution < -0.4 is 5.32 Å². The van der Waals surface area contributed by atoms with Gasteiger partial charge in [-0.1, -0.05) is 18.3 Å². The zero-order valence-corrected chi connectivity index (χ0v) is 12.2. The number of anilines is 1. The van der Waals surface area contributed by atoms with Crippen LogP contribution in [0.1, 0.15) is 35.1 Å². The minimum absolute atomic E-state index is 0.169. The predicted octanol–water partition coefficient (Wildman–Crippen LogP) is 3.07. The summed E-state index contributed by atoms with van der Waals surface area (Å²) in [6.07, 6.45) is 1.63. The van der Waals surface area contributed by atoms with Gasteiger partial charge in [0.1, 0.15) is 10.7 Å². The summed E-state index contributed by atoms with van der Waals surface area (Å²) in [5, 5.41) is 6.70. The summed E-state index contributed by atoms with van der Waals surface area (Å²) in [6, 6.07) is 3.54. The van der Waals surface area contributed by atoms with E-state index < -0.39 is 0 Å². The van der Waals surface area contributed by atoms with Crippen LogP contribution in [0.5, 0.6) is 0 Å². The number of carbonyl (C=O) groups excluding carboxylic acids is 1. The molecule has 18 heavy (non-hydrogen) atoms. The van der Waals surface area contributed by atoms with Gasteiger partial charge in [0.15, 0.2) is 0 Å². The van der Waals surface area contributed by atoms with Crippen LogP contribution in [0.25, 0.3) is 0 Å². The first kappa shape index (κ1) is 13.1. The van der Waals surface area contributed by atoms with Crippen LogP contribution in [-0.4, -0.2) is 20.5 Å². The summed E-state index contributed by atoms with van der Waals surface area (Å²) in [7, 11) is 0. The highest BCUT2D eigenvalue weighted by molar-refractivity contribution is 9.10. The van der Waals surface area contributed by atoms with Gasteiger partial charge in [-0.3, -0.25) is 4.79 Å². The van der Waals surface area contributed by atoms with E-state index in [0.29, 0.717) is 10.7 Å². The summed E-state index contributed by atoms with van der Waals surface area (Å²) in [4.78, 5) is 16.7. The van der Waals surface area contributed by atoms with E-state index in [1.54, 1.807) is 12.3 Å². The molecule has 0 atom stereocenters. The summed E-state index contributed by atoms with van der Waals surface area (Å²) >= 11 is 4.39. The lowest BCUT2D eigenvalue weighted by Gasteiger charge is -2.05. The third-order valence-electron chi connectivity index (χ3n) is 2.24. The number of aromatic nitrogens is 3. The fourth-order valence-corrected chi connectivity index (χ4v) is 2.30. The van der Waals surface area contributed by atoms with Crippen LogP contribution in [0.3, 0.4) is 0 Å². The standard InChI is InChI=1S/C11H11BrN4OS/c1-6(2)9-10(18-16-15-9)11(17)14-8-4-3-7(12)5-13-8/h3-6H,1-2H3,(H,13,14,17). The number of nitrogens with one attached hydrogen (secondary N) is 1. The Labute approximate surface area is 117 Å². The molecule has 0 saturated carbocycles. The van der Waals surface area contributed by atoms with E-state index in [2.05, 4.69) is 35.8 Å². The summed E-state index contributed by atoms with van der Waals surface area (Å²) in [5.41, 5.74) is 0.717. The third-order valence-corrected chi connectivity index (χ3v) is 3.44. The van der Waals surface area contributed by atoms with E-state index in [-0.39, 0.29) is 11.8 Å². The first-order valence-electron chi connectivity index (χ1n) is 5.33. The molecule has 0 aliphatic heterocycles. The molecule has 0 fully saturated rings.